The summed E-state index contributed by atoms with van der Waals surface area (Å²) in [4.78, 5) is 0. The predicted octanol–water partition coefficient (Wildman–Crippen LogP) is 1.28. The maximum absolute atomic E-state index is 12.4. The molecule has 1 aromatic rings. The molecule has 90 valence electrons. The van der Waals surface area contributed by atoms with Crippen LogP contribution in [-0.2, 0) is 4.57 Å². The Bertz CT molecular complexity index is 353. The van der Waals surface area contributed by atoms with Gasteiger partial charge < -0.3 is 15.0 Å². The Labute approximate surface area is 97.3 Å². The first kappa shape index (κ1) is 13.4. The quantitative estimate of drug-likeness (QED) is 0.737. The summed E-state index contributed by atoms with van der Waals surface area (Å²) in [6.45, 7) is 4.50. The van der Waals surface area contributed by atoms with Crippen molar-refractivity contribution in [1.82, 2.24) is 5.32 Å². The molecule has 0 aliphatic rings. The van der Waals surface area contributed by atoms with E-state index in [4.69, 9.17) is 5.11 Å². The van der Waals surface area contributed by atoms with E-state index in [-0.39, 0.29) is 12.6 Å². The van der Waals surface area contributed by atoms with Gasteiger partial charge in [0.05, 0.1) is 6.61 Å². The molecule has 0 saturated carbocycles. The molecule has 0 unspecified atom stereocenters. The van der Waals surface area contributed by atoms with Crippen molar-refractivity contribution in [2.75, 3.05) is 26.0 Å². The minimum Gasteiger partial charge on any atom is -0.395 e. The van der Waals surface area contributed by atoms with Crippen LogP contribution in [0.25, 0.3) is 0 Å². The summed E-state index contributed by atoms with van der Waals surface area (Å²) in [6, 6.07) is 9.64. The number of rotatable bonds is 6. The van der Waals surface area contributed by atoms with Gasteiger partial charge in [0.25, 0.3) is 0 Å². The van der Waals surface area contributed by atoms with Crippen LogP contribution >= 0.6 is 7.14 Å². The zero-order valence-electron chi connectivity index (χ0n) is 9.89. The fraction of sp³-hybridized carbons (Fsp3) is 0.500. The molecule has 0 amide bonds. The summed E-state index contributed by atoms with van der Waals surface area (Å²) in [6.07, 6.45) is 0.626. The third-order valence-electron chi connectivity index (χ3n) is 2.61. The van der Waals surface area contributed by atoms with Crippen molar-refractivity contribution < 1.29 is 9.67 Å². The molecule has 0 saturated heterocycles. The molecule has 3 nitrogen and oxygen atoms in total. The van der Waals surface area contributed by atoms with Crippen LogP contribution in [0.4, 0.5) is 0 Å². The Kier molecular flexibility index (Phi) is 5.20. The van der Waals surface area contributed by atoms with Crippen molar-refractivity contribution in [3.63, 3.8) is 0 Å². The zero-order chi connectivity index (χ0) is 12.0. The molecule has 0 aliphatic carbocycles. The van der Waals surface area contributed by atoms with Crippen LogP contribution in [0, 0.1) is 0 Å². The van der Waals surface area contributed by atoms with Crippen LogP contribution in [0.2, 0.25) is 0 Å². The van der Waals surface area contributed by atoms with Crippen molar-refractivity contribution in [3.05, 3.63) is 30.3 Å². The molecule has 0 aliphatic heterocycles. The smallest absolute Gasteiger partial charge is 0.113 e. The summed E-state index contributed by atoms with van der Waals surface area (Å²) in [5.41, 5.74) is 0. The summed E-state index contributed by atoms with van der Waals surface area (Å²) in [5, 5.41) is 12.9. The maximum Gasteiger partial charge on any atom is 0.113 e. The van der Waals surface area contributed by atoms with E-state index in [0.717, 1.165) is 5.30 Å². The molecule has 0 spiro atoms. The van der Waals surface area contributed by atoms with Crippen LogP contribution in [-0.4, -0.2) is 37.1 Å². The number of hydrogen-bond acceptors (Lipinski definition) is 3. The Morgan fingerprint density at radius 1 is 1.38 bits per heavy atom. The molecule has 0 bridgehead atoms. The Morgan fingerprint density at radius 2 is 2.00 bits per heavy atom. The minimum absolute atomic E-state index is 0.0655. The topological polar surface area (TPSA) is 49.3 Å². The van der Waals surface area contributed by atoms with Gasteiger partial charge in [-0.3, -0.25) is 0 Å². The van der Waals surface area contributed by atoms with Gasteiger partial charge in [0.1, 0.15) is 7.14 Å². The van der Waals surface area contributed by atoms with E-state index in [1.54, 1.807) is 0 Å². The molecule has 1 aromatic carbocycles. The van der Waals surface area contributed by atoms with E-state index < -0.39 is 7.14 Å². The fourth-order valence-corrected chi connectivity index (χ4v) is 3.08. The van der Waals surface area contributed by atoms with Crippen molar-refractivity contribution >= 4 is 12.4 Å². The highest BCUT2D eigenvalue weighted by molar-refractivity contribution is 7.70. The molecular weight excluding hydrogens is 221 g/mol. The highest BCUT2D eigenvalue weighted by Gasteiger charge is 2.17. The average molecular weight is 241 g/mol. The van der Waals surface area contributed by atoms with E-state index in [2.05, 4.69) is 5.32 Å². The largest absolute Gasteiger partial charge is 0.395 e. The SMILES string of the molecule is C[C@H](CO)NCC[P@@](C)(=O)c1ccccc1. The Morgan fingerprint density at radius 3 is 2.56 bits per heavy atom. The van der Waals surface area contributed by atoms with Gasteiger partial charge in [-0.15, -0.1) is 0 Å². The van der Waals surface area contributed by atoms with E-state index in [0.29, 0.717) is 12.7 Å². The van der Waals surface area contributed by atoms with Crippen molar-refractivity contribution in [3.8, 4) is 0 Å². The van der Waals surface area contributed by atoms with Gasteiger partial charge in [0, 0.05) is 24.1 Å². The lowest BCUT2D eigenvalue weighted by atomic mass is 10.4. The highest BCUT2D eigenvalue weighted by Crippen LogP contribution is 2.38. The van der Waals surface area contributed by atoms with Crippen LogP contribution in [0.15, 0.2) is 30.3 Å². The summed E-state index contributed by atoms with van der Waals surface area (Å²) in [5.74, 6) is 0. The lowest BCUT2D eigenvalue weighted by molar-refractivity contribution is 0.253. The minimum atomic E-state index is -2.26. The van der Waals surface area contributed by atoms with Gasteiger partial charge in [0.15, 0.2) is 0 Å². The third-order valence-corrected chi connectivity index (χ3v) is 5.08. The number of aliphatic hydroxyl groups is 1. The van der Waals surface area contributed by atoms with Crippen molar-refractivity contribution in [2.45, 2.75) is 13.0 Å². The van der Waals surface area contributed by atoms with E-state index in [1.807, 2.05) is 43.9 Å². The molecule has 16 heavy (non-hydrogen) atoms. The van der Waals surface area contributed by atoms with Crippen molar-refractivity contribution in [1.29, 1.82) is 0 Å². The van der Waals surface area contributed by atoms with Crippen molar-refractivity contribution in [2.24, 2.45) is 0 Å². The average Bonchev–Trinajstić information content (AvgIpc) is 2.30. The Balaban J connectivity index is 2.50. The number of nitrogens with one attached hydrogen (secondary N) is 1. The van der Waals surface area contributed by atoms with Gasteiger partial charge in [0.2, 0.25) is 0 Å². The lowest BCUT2D eigenvalue weighted by Crippen LogP contribution is -2.32. The maximum atomic E-state index is 12.4. The summed E-state index contributed by atoms with van der Waals surface area (Å²) < 4.78 is 12.4. The first-order valence-corrected chi connectivity index (χ1v) is 7.86. The standard InChI is InChI=1S/C12H20NO2P/c1-11(10-14)13-8-9-16(2,15)12-6-4-3-5-7-12/h3-7,11,13-14H,8-10H2,1-2H3/t11-,16-/m1/s1. The molecule has 0 aromatic heterocycles. The van der Waals surface area contributed by atoms with E-state index in [9.17, 15) is 4.57 Å². The molecule has 2 atom stereocenters. The zero-order valence-corrected chi connectivity index (χ0v) is 10.8. The lowest BCUT2D eigenvalue weighted by Gasteiger charge is -2.15. The molecule has 0 heterocycles. The van der Waals surface area contributed by atoms with Crippen LogP contribution in [0.5, 0.6) is 0 Å². The molecule has 1 rings (SSSR count). The second-order valence-electron chi connectivity index (χ2n) is 4.20. The van der Waals surface area contributed by atoms with Gasteiger partial charge in [-0.25, -0.2) is 0 Å². The summed E-state index contributed by atoms with van der Waals surface area (Å²) in [7, 11) is -2.26. The monoisotopic (exact) mass is 241 g/mol. The molecule has 4 heteroatoms. The highest BCUT2D eigenvalue weighted by atomic mass is 31.2. The van der Waals surface area contributed by atoms with E-state index in [1.165, 1.54) is 0 Å². The van der Waals surface area contributed by atoms with Crippen LogP contribution in [0.3, 0.4) is 0 Å². The second-order valence-corrected chi connectivity index (χ2v) is 7.36. The molecular formula is C12H20NO2P. The van der Waals surface area contributed by atoms with Gasteiger partial charge in [-0.1, -0.05) is 30.3 Å². The first-order valence-electron chi connectivity index (χ1n) is 5.52. The second kappa shape index (κ2) is 6.19. The van der Waals surface area contributed by atoms with Crippen LogP contribution < -0.4 is 10.6 Å². The van der Waals surface area contributed by atoms with Gasteiger partial charge >= 0.3 is 0 Å². The number of hydrogen-bond donors (Lipinski definition) is 2. The first-order chi connectivity index (χ1) is 7.56. The number of benzene rings is 1. The third kappa shape index (κ3) is 4.09. The molecule has 2 N–H and O–H groups in total. The Hall–Kier alpha value is -0.630. The number of aliphatic hydroxyl groups excluding tert-OH is 1. The normalized spacial score (nSPS) is 16.7. The molecule has 0 radical (unpaired) electrons. The molecule has 0 fully saturated rings. The fourth-order valence-electron chi connectivity index (χ4n) is 1.46. The van der Waals surface area contributed by atoms with Gasteiger partial charge in [-0.05, 0) is 13.6 Å². The van der Waals surface area contributed by atoms with E-state index >= 15 is 0 Å². The van der Waals surface area contributed by atoms with Crippen LogP contribution in [0.1, 0.15) is 6.92 Å². The summed E-state index contributed by atoms with van der Waals surface area (Å²) >= 11 is 0. The van der Waals surface area contributed by atoms with Gasteiger partial charge in [-0.2, -0.15) is 0 Å². The predicted molar refractivity (Wildman–Crippen MR) is 69.0 cm³/mol.